The molecule has 0 unspecified atom stereocenters. The highest BCUT2D eigenvalue weighted by atomic mass is 16.4. The van der Waals surface area contributed by atoms with Crippen LogP contribution in [0.2, 0.25) is 0 Å². The Hall–Kier alpha value is -1.44. The van der Waals surface area contributed by atoms with Crippen molar-refractivity contribution in [2.24, 2.45) is 0 Å². The second kappa shape index (κ2) is 3.61. The summed E-state index contributed by atoms with van der Waals surface area (Å²) in [6, 6.07) is 8.22. The summed E-state index contributed by atoms with van der Waals surface area (Å²) in [7, 11) is 4.03. The number of fused-ring (bicyclic) bond motifs is 1. The Balaban J connectivity index is 2.75. The summed E-state index contributed by atoms with van der Waals surface area (Å²) in [5.74, 6) is 1.46. The molecule has 0 spiro atoms. The van der Waals surface area contributed by atoms with Crippen LogP contribution in [-0.4, -0.2) is 14.1 Å². The minimum atomic E-state index is 0.478. The van der Waals surface area contributed by atoms with E-state index < -0.39 is 0 Å². The molecule has 2 rings (SSSR count). The first-order valence-electron chi connectivity index (χ1n) is 5.30. The summed E-state index contributed by atoms with van der Waals surface area (Å²) in [4.78, 5) is 2.04. The molecule has 2 heteroatoms. The van der Waals surface area contributed by atoms with Crippen LogP contribution in [0.1, 0.15) is 25.3 Å². The molecule has 0 aliphatic heterocycles. The van der Waals surface area contributed by atoms with Crippen molar-refractivity contribution in [1.29, 1.82) is 0 Å². The lowest BCUT2D eigenvalue weighted by molar-refractivity contribution is 0.601. The van der Waals surface area contributed by atoms with E-state index in [0.717, 1.165) is 11.5 Å². The molecular weight excluding hydrogens is 186 g/mol. The quantitative estimate of drug-likeness (QED) is 0.741. The summed E-state index contributed by atoms with van der Waals surface area (Å²) < 4.78 is 5.85. The fourth-order valence-corrected chi connectivity index (χ4v) is 1.94. The molecule has 0 aliphatic rings. The van der Waals surface area contributed by atoms with Crippen molar-refractivity contribution < 1.29 is 4.42 Å². The normalized spacial score (nSPS) is 11.3. The van der Waals surface area contributed by atoms with Gasteiger partial charge < -0.3 is 9.32 Å². The van der Waals surface area contributed by atoms with Crippen LogP contribution in [0.3, 0.4) is 0 Å². The van der Waals surface area contributed by atoms with Crippen LogP contribution in [0.5, 0.6) is 0 Å². The first-order chi connectivity index (χ1) is 7.11. The van der Waals surface area contributed by atoms with Gasteiger partial charge in [0.15, 0.2) is 5.88 Å². The second-order valence-corrected chi connectivity index (χ2v) is 4.37. The highest BCUT2D eigenvalue weighted by molar-refractivity contribution is 5.86. The van der Waals surface area contributed by atoms with E-state index in [1.165, 1.54) is 10.9 Å². The van der Waals surface area contributed by atoms with Crippen LogP contribution in [0.4, 0.5) is 5.88 Å². The van der Waals surface area contributed by atoms with Crippen LogP contribution in [-0.2, 0) is 0 Å². The van der Waals surface area contributed by atoms with Crippen molar-refractivity contribution in [3.63, 3.8) is 0 Å². The number of para-hydroxylation sites is 1. The maximum atomic E-state index is 5.85. The lowest BCUT2D eigenvalue weighted by atomic mass is 10.0. The van der Waals surface area contributed by atoms with E-state index in [9.17, 15) is 0 Å². The monoisotopic (exact) mass is 203 g/mol. The third-order valence-corrected chi connectivity index (χ3v) is 2.60. The molecule has 0 fully saturated rings. The van der Waals surface area contributed by atoms with Crippen molar-refractivity contribution in [2.75, 3.05) is 19.0 Å². The molecular formula is C13H17NO. The average molecular weight is 203 g/mol. The van der Waals surface area contributed by atoms with Crippen molar-refractivity contribution >= 4 is 16.9 Å². The molecule has 1 aromatic heterocycles. The van der Waals surface area contributed by atoms with Gasteiger partial charge in [0.1, 0.15) is 5.58 Å². The molecule has 0 radical (unpaired) electrons. The van der Waals surface area contributed by atoms with Gasteiger partial charge >= 0.3 is 0 Å². The minimum absolute atomic E-state index is 0.478. The Kier molecular flexibility index (Phi) is 2.43. The van der Waals surface area contributed by atoms with Crippen LogP contribution in [0.25, 0.3) is 11.0 Å². The first-order valence-corrected chi connectivity index (χ1v) is 5.30. The molecule has 2 nitrogen and oxygen atoms in total. The van der Waals surface area contributed by atoms with Crippen LogP contribution < -0.4 is 4.90 Å². The fraction of sp³-hybridized carbons (Fsp3) is 0.385. The standard InChI is InChI=1S/C13H17NO/c1-9(2)12-10-7-5-6-8-11(10)15-13(12)14(3)4/h5-9H,1-4H3. The van der Waals surface area contributed by atoms with E-state index in [1.54, 1.807) is 0 Å². The van der Waals surface area contributed by atoms with Crippen LogP contribution in [0, 0.1) is 0 Å². The molecule has 0 saturated carbocycles. The number of anilines is 1. The highest BCUT2D eigenvalue weighted by Gasteiger charge is 2.17. The van der Waals surface area contributed by atoms with E-state index >= 15 is 0 Å². The first kappa shape index (κ1) is 10.1. The van der Waals surface area contributed by atoms with Gasteiger partial charge in [-0.2, -0.15) is 0 Å². The fourth-order valence-electron chi connectivity index (χ4n) is 1.94. The minimum Gasteiger partial charge on any atom is -0.440 e. The van der Waals surface area contributed by atoms with Gasteiger partial charge in [0.2, 0.25) is 0 Å². The Morgan fingerprint density at radius 2 is 1.80 bits per heavy atom. The predicted octanol–water partition coefficient (Wildman–Crippen LogP) is 3.62. The predicted molar refractivity (Wildman–Crippen MR) is 64.6 cm³/mol. The van der Waals surface area contributed by atoms with Crippen LogP contribution in [0.15, 0.2) is 28.7 Å². The Morgan fingerprint density at radius 3 is 2.40 bits per heavy atom. The van der Waals surface area contributed by atoms with Gasteiger partial charge in [-0.05, 0) is 12.0 Å². The number of hydrogen-bond acceptors (Lipinski definition) is 2. The van der Waals surface area contributed by atoms with Gasteiger partial charge in [-0.15, -0.1) is 0 Å². The van der Waals surface area contributed by atoms with E-state index in [4.69, 9.17) is 4.42 Å². The van der Waals surface area contributed by atoms with E-state index in [2.05, 4.69) is 26.0 Å². The Morgan fingerprint density at radius 1 is 1.13 bits per heavy atom. The average Bonchev–Trinajstić information content (AvgIpc) is 2.56. The highest BCUT2D eigenvalue weighted by Crippen LogP contribution is 2.36. The molecule has 1 heterocycles. The lowest BCUT2D eigenvalue weighted by Crippen LogP contribution is -2.10. The summed E-state index contributed by atoms with van der Waals surface area (Å²) in [5, 5.41) is 1.23. The topological polar surface area (TPSA) is 16.4 Å². The molecule has 0 amide bonds. The number of hydrogen-bond donors (Lipinski definition) is 0. The van der Waals surface area contributed by atoms with E-state index in [1.807, 2.05) is 31.1 Å². The SMILES string of the molecule is CC(C)c1c(N(C)C)oc2ccccc12. The maximum absolute atomic E-state index is 5.85. The lowest BCUT2D eigenvalue weighted by Gasteiger charge is -2.13. The molecule has 0 saturated heterocycles. The van der Waals surface area contributed by atoms with Crippen molar-refractivity contribution in [2.45, 2.75) is 19.8 Å². The number of rotatable bonds is 2. The largest absolute Gasteiger partial charge is 0.440 e. The van der Waals surface area contributed by atoms with Crippen LogP contribution >= 0.6 is 0 Å². The van der Waals surface area contributed by atoms with Crippen molar-refractivity contribution in [3.8, 4) is 0 Å². The summed E-state index contributed by atoms with van der Waals surface area (Å²) in [6.45, 7) is 4.40. The van der Waals surface area contributed by atoms with Gasteiger partial charge in [0, 0.05) is 25.0 Å². The summed E-state index contributed by atoms with van der Waals surface area (Å²) in [5.41, 5.74) is 2.28. The van der Waals surface area contributed by atoms with Gasteiger partial charge in [-0.25, -0.2) is 0 Å². The molecule has 0 atom stereocenters. The number of furan rings is 1. The molecule has 1 aromatic carbocycles. The smallest absolute Gasteiger partial charge is 0.199 e. The molecule has 15 heavy (non-hydrogen) atoms. The van der Waals surface area contributed by atoms with Crippen molar-refractivity contribution in [1.82, 2.24) is 0 Å². The Bertz CT molecular complexity index is 468. The zero-order valence-electron chi connectivity index (χ0n) is 9.74. The third-order valence-electron chi connectivity index (χ3n) is 2.60. The zero-order chi connectivity index (χ0) is 11.0. The van der Waals surface area contributed by atoms with Crippen molar-refractivity contribution in [3.05, 3.63) is 29.8 Å². The van der Waals surface area contributed by atoms with E-state index in [-0.39, 0.29) is 0 Å². The second-order valence-electron chi connectivity index (χ2n) is 4.37. The van der Waals surface area contributed by atoms with Gasteiger partial charge in [-0.1, -0.05) is 32.0 Å². The number of benzene rings is 1. The third kappa shape index (κ3) is 1.60. The molecule has 0 aliphatic carbocycles. The summed E-state index contributed by atoms with van der Waals surface area (Å²) >= 11 is 0. The molecule has 0 bridgehead atoms. The Labute approximate surface area is 90.5 Å². The summed E-state index contributed by atoms with van der Waals surface area (Å²) in [6.07, 6.45) is 0. The van der Waals surface area contributed by atoms with Gasteiger partial charge in [-0.3, -0.25) is 0 Å². The van der Waals surface area contributed by atoms with E-state index in [0.29, 0.717) is 5.92 Å². The van der Waals surface area contributed by atoms with Gasteiger partial charge in [0.05, 0.1) is 0 Å². The molecule has 0 N–H and O–H groups in total. The number of nitrogens with zero attached hydrogens (tertiary/aromatic N) is 1. The maximum Gasteiger partial charge on any atom is 0.199 e. The molecule has 80 valence electrons. The molecule has 2 aromatic rings. The zero-order valence-corrected chi connectivity index (χ0v) is 9.74. The van der Waals surface area contributed by atoms with Gasteiger partial charge in [0.25, 0.3) is 0 Å².